The summed E-state index contributed by atoms with van der Waals surface area (Å²) in [6.07, 6.45) is 2.15. The Morgan fingerprint density at radius 1 is 1.53 bits per heavy atom. The average molecular weight is 233 g/mol. The number of hydrogen-bond acceptors (Lipinski definition) is 4. The summed E-state index contributed by atoms with van der Waals surface area (Å²) < 4.78 is 5.41. The van der Waals surface area contributed by atoms with Crippen molar-refractivity contribution in [3.63, 3.8) is 0 Å². The summed E-state index contributed by atoms with van der Waals surface area (Å²) in [5.74, 6) is -0.488. The molecule has 0 aliphatic rings. The van der Waals surface area contributed by atoms with Gasteiger partial charge in [-0.05, 0) is 26.1 Å². The Balaban J connectivity index is 4.27. The minimum Gasteiger partial charge on any atom is -0.518 e. The van der Waals surface area contributed by atoms with Crippen LogP contribution in [0.15, 0.2) is 0 Å². The molecule has 0 aliphatic heterocycles. The van der Waals surface area contributed by atoms with Crippen molar-refractivity contribution in [3.8, 4) is 0 Å². The highest BCUT2D eigenvalue weighted by molar-refractivity contribution is 6.72. The molecule has 0 unspecified atom stereocenters. The van der Waals surface area contributed by atoms with E-state index in [0.717, 1.165) is 18.9 Å². The van der Waals surface area contributed by atoms with Crippen molar-refractivity contribution in [2.45, 2.75) is 51.4 Å². The van der Waals surface area contributed by atoms with Crippen molar-refractivity contribution < 1.29 is 14.3 Å². The Morgan fingerprint density at radius 2 is 2.07 bits per heavy atom. The normalized spacial score (nSPS) is 15.9. The summed E-state index contributed by atoms with van der Waals surface area (Å²) >= 11 is 0. The Kier molecular flexibility index (Phi) is 5.48. The van der Waals surface area contributed by atoms with Crippen molar-refractivity contribution in [1.29, 1.82) is 0 Å². The Hall–Kier alpha value is -0.393. The molecule has 4 nitrogen and oxygen atoms in total. The molecule has 0 amide bonds. The van der Waals surface area contributed by atoms with Gasteiger partial charge in [0.25, 0.3) is 0 Å². The molecule has 90 valence electrons. The highest BCUT2D eigenvalue weighted by Gasteiger charge is 2.35. The molecule has 0 heterocycles. The SMILES string of the molecule is CCCC[Si](C)(C)OC(=O)[C@@](C)(N)CO. The topological polar surface area (TPSA) is 72.5 Å². The Bertz CT molecular complexity index is 217. The first-order valence-electron chi connectivity index (χ1n) is 5.38. The number of aliphatic hydroxyl groups is 1. The molecule has 0 aromatic rings. The average Bonchev–Trinajstić information content (AvgIpc) is 2.14. The number of hydrogen-bond donors (Lipinski definition) is 2. The lowest BCUT2D eigenvalue weighted by atomic mass is 10.1. The number of carbonyl (C=O) groups is 1. The lowest BCUT2D eigenvalue weighted by Crippen LogP contribution is -2.52. The third-order valence-corrected chi connectivity index (χ3v) is 4.59. The van der Waals surface area contributed by atoms with Crippen LogP contribution in [0.3, 0.4) is 0 Å². The van der Waals surface area contributed by atoms with Gasteiger partial charge in [-0.25, -0.2) is 0 Å². The number of carbonyl (C=O) groups excluding carboxylic acids is 1. The predicted octanol–water partition coefficient (Wildman–Crippen LogP) is 1.24. The fourth-order valence-electron chi connectivity index (χ4n) is 1.09. The summed E-state index contributed by atoms with van der Waals surface area (Å²) in [5.41, 5.74) is 4.33. The first-order chi connectivity index (χ1) is 6.75. The summed E-state index contributed by atoms with van der Waals surface area (Å²) in [5, 5.41) is 8.93. The first-order valence-corrected chi connectivity index (χ1v) is 8.50. The molecule has 0 bridgehead atoms. The number of nitrogens with two attached hydrogens (primary N) is 1. The monoisotopic (exact) mass is 233 g/mol. The third kappa shape index (κ3) is 5.29. The van der Waals surface area contributed by atoms with E-state index in [1.807, 2.05) is 13.1 Å². The van der Waals surface area contributed by atoms with Gasteiger partial charge >= 0.3 is 5.97 Å². The van der Waals surface area contributed by atoms with Gasteiger partial charge < -0.3 is 15.3 Å². The van der Waals surface area contributed by atoms with Crippen molar-refractivity contribution >= 4 is 14.3 Å². The zero-order valence-electron chi connectivity index (χ0n) is 10.2. The van der Waals surface area contributed by atoms with Crippen LogP contribution in [0.2, 0.25) is 19.1 Å². The van der Waals surface area contributed by atoms with Crippen LogP contribution in [0.25, 0.3) is 0 Å². The minimum atomic E-state index is -1.95. The van der Waals surface area contributed by atoms with Crippen molar-refractivity contribution in [2.75, 3.05) is 6.61 Å². The zero-order chi connectivity index (χ0) is 12.1. The quantitative estimate of drug-likeness (QED) is 0.677. The maximum atomic E-state index is 11.6. The van der Waals surface area contributed by atoms with Gasteiger partial charge in [0.2, 0.25) is 8.32 Å². The largest absolute Gasteiger partial charge is 0.518 e. The van der Waals surface area contributed by atoms with Gasteiger partial charge in [-0.2, -0.15) is 0 Å². The van der Waals surface area contributed by atoms with Crippen molar-refractivity contribution in [2.24, 2.45) is 5.73 Å². The van der Waals surface area contributed by atoms with Crippen LogP contribution >= 0.6 is 0 Å². The Labute approximate surface area is 92.9 Å². The van der Waals surface area contributed by atoms with Crippen LogP contribution in [0.4, 0.5) is 0 Å². The maximum Gasteiger partial charge on any atom is 0.314 e. The van der Waals surface area contributed by atoms with Crippen LogP contribution in [-0.2, 0) is 9.22 Å². The van der Waals surface area contributed by atoms with E-state index in [0.29, 0.717) is 0 Å². The zero-order valence-corrected chi connectivity index (χ0v) is 11.2. The van der Waals surface area contributed by atoms with Crippen molar-refractivity contribution in [3.05, 3.63) is 0 Å². The van der Waals surface area contributed by atoms with Crippen LogP contribution in [-0.4, -0.2) is 31.5 Å². The smallest absolute Gasteiger partial charge is 0.314 e. The van der Waals surface area contributed by atoms with Gasteiger partial charge in [0.05, 0.1) is 6.61 Å². The second kappa shape index (κ2) is 5.63. The van der Waals surface area contributed by atoms with Gasteiger partial charge in [0, 0.05) is 0 Å². The van der Waals surface area contributed by atoms with E-state index in [4.69, 9.17) is 15.3 Å². The molecular weight excluding hydrogens is 210 g/mol. The molecule has 15 heavy (non-hydrogen) atoms. The molecule has 0 saturated heterocycles. The molecule has 0 aliphatic carbocycles. The van der Waals surface area contributed by atoms with E-state index in [1.165, 1.54) is 6.92 Å². The standard InChI is InChI=1S/C10H23NO3Si/c1-5-6-7-15(3,4)14-9(13)10(2,11)8-12/h12H,5-8,11H2,1-4H3/t10-/m0/s1. The van der Waals surface area contributed by atoms with Gasteiger partial charge in [0.15, 0.2) is 0 Å². The molecule has 0 aromatic carbocycles. The van der Waals surface area contributed by atoms with E-state index in [2.05, 4.69) is 6.92 Å². The van der Waals surface area contributed by atoms with E-state index >= 15 is 0 Å². The molecule has 0 radical (unpaired) electrons. The lowest BCUT2D eigenvalue weighted by molar-refractivity contribution is -0.142. The van der Waals surface area contributed by atoms with E-state index < -0.39 is 19.8 Å². The first kappa shape index (κ1) is 14.6. The predicted molar refractivity (Wildman–Crippen MR) is 63.0 cm³/mol. The summed E-state index contributed by atoms with van der Waals surface area (Å²) in [6, 6.07) is 0.941. The molecule has 0 aromatic heterocycles. The van der Waals surface area contributed by atoms with Gasteiger partial charge in [-0.3, -0.25) is 4.79 Å². The fraction of sp³-hybridized carbons (Fsp3) is 0.900. The molecule has 0 spiro atoms. The summed E-state index contributed by atoms with van der Waals surface area (Å²) in [7, 11) is -1.95. The second-order valence-corrected chi connectivity index (χ2v) is 9.05. The van der Waals surface area contributed by atoms with E-state index in [9.17, 15) is 4.79 Å². The third-order valence-electron chi connectivity index (χ3n) is 2.30. The molecule has 3 N–H and O–H groups in total. The molecular formula is C10H23NO3Si. The summed E-state index contributed by atoms with van der Waals surface area (Å²) in [4.78, 5) is 11.6. The van der Waals surface area contributed by atoms with Gasteiger partial charge in [-0.15, -0.1) is 0 Å². The fourth-order valence-corrected chi connectivity index (χ4v) is 3.13. The molecule has 0 saturated carbocycles. The Morgan fingerprint density at radius 3 is 2.47 bits per heavy atom. The number of rotatable bonds is 6. The van der Waals surface area contributed by atoms with Crippen LogP contribution < -0.4 is 5.73 Å². The van der Waals surface area contributed by atoms with Crippen LogP contribution in [0, 0.1) is 0 Å². The lowest BCUT2D eigenvalue weighted by Gasteiger charge is -2.28. The van der Waals surface area contributed by atoms with Crippen molar-refractivity contribution in [1.82, 2.24) is 0 Å². The molecule has 5 heteroatoms. The highest BCUT2D eigenvalue weighted by atomic mass is 28.4. The van der Waals surface area contributed by atoms with Gasteiger partial charge in [-0.1, -0.05) is 19.8 Å². The molecule has 1 atom stereocenters. The molecule has 0 rings (SSSR count). The minimum absolute atomic E-state index is 0.385. The number of aliphatic hydroxyl groups excluding tert-OH is 1. The van der Waals surface area contributed by atoms with E-state index in [-0.39, 0.29) is 6.61 Å². The van der Waals surface area contributed by atoms with Crippen LogP contribution in [0.1, 0.15) is 26.7 Å². The molecule has 0 fully saturated rings. The van der Waals surface area contributed by atoms with E-state index in [1.54, 1.807) is 0 Å². The highest BCUT2D eigenvalue weighted by Crippen LogP contribution is 2.17. The maximum absolute atomic E-state index is 11.6. The number of unbranched alkanes of at least 4 members (excludes halogenated alkanes) is 1. The van der Waals surface area contributed by atoms with Gasteiger partial charge in [0.1, 0.15) is 5.54 Å². The second-order valence-electron chi connectivity index (χ2n) is 4.83. The van der Waals surface area contributed by atoms with Crippen LogP contribution in [0.5, 0.6) is 0 Å². The summed E-state index contributed by atoms with van der Waals surface area (Å²) in [6.45, 7) is 7.19.